The molecule has 0 aromatic heterocycles. The van der Waals surface area contributed by atoms with Gasteiger partial charge < -0.3 is 10.6 Å². The maximum absolute atomic E-state index is 14.3. The number of hydrogen-bond donors (Lipinski definition) is 2. The summed E-state index contributed by atoms with van der Waals surface area (Å²) in [5.41, 5.74) is 1.60. The van der Waals surface area contributed by atoms with E-state index in [0.29, 0.717) is 16.6 Å². The van der Waals surface area contributed by atoms with E-state index in [-0.39, 0.29) is 17.5 Å². The zero-order chi connectivity index (χ0) is 22.9. The van der Waals surface area contributed by atoms with Crippen LogP contribution in [0.3, 0.4) is 0 Å². The molecule has 3 rings (SSSR count). The third-order valence-corrected chi connectivity index (χ3v) is 6.40. The van der Waals surface area contributed by atoms with Crippen molar-refractivity contribution in [3.63, 3.8) is 0 Å². The van der Waals surface area contributed by atoms with Crippen molar-refractivity contribution >= 4 is 50.9 Å². The molecule has 2 amide bonds. The van der Waals surface area contributed by atoms with Crippen molar-refractivity contribution in [1.29, 1.82) is 0 Å². The first-order chi connectivity index (χ1) is 15.5. The first kappa shape index (κ1) is 24.0. The van der Waals surface area contributed by atoms with Crippen LogP contribution < -0.4 is 10.6 Å². The summed E-state index contributed by atoms with van der Waals surface area (Å²) in [4.78, 5) is 26.0. The van der Waals surface area contributed by atoms with Gasteiger partial charge >= 0.3 is 0 Å². The quantitative estimate of drug-likeness (QED) is 0.297. The number of anilines is 2. The number of unbranched alkanes of at least 4 members (excludes halogenated alkanes) is 1. The molecule has 3 aromatic carbocycles. The van der Waals surface area contributed by atoms with Crippen LogP contribution in [0, 0.1) is 5.82 Å². The molecule has 0 saturated heterocycles. The average Bonchev–Trinajstić information content (AvgIpc) is 2.78. The van der Waals surface area contributed by atoms with E-state index in [1.54, 1.807) is 6.07 Å². The van der Waals surface area contributed by atoms with Gasteiger partial charge in [-0.1, -0.05) is 65.7 Å². The van der Waals surface area contributed by atoms with Gasteiger partial charge in [0.15, 0.2) is 0 Å². The standard InChI is InChI=1S/C25H24BrFN2O2S/c1-2-3-12-23(30)28-19-10-7-11-20(16-19)32-24(17-8-5-4-6-9-17)25(31)29-22-14-13-18(26)15-21(22)27/h4-11,13-16,24H,2-3,12H2,1H3,(H,28,30)(H,29,31). The normalized spacial score (nSPS) is 11.6. The fourth-order valence-electron chi connectivity index (χ4n) is 3.03. The highest BCUT2D eigenvalue weighted by Crippen LogP contribution is 2.37. The van der Waals surface area contributed by atoms with Gasteiger partial charge in [0.2, 0.25) is 11.8 Å². The zero-order valence-electron chi connectivity index (χ0n) is 17.6. The second kappa shape index (κ2) is 11.8. The fraction of sp³-hybridized carbons (Fsp3) is 0.200. The van der Waals surface area contributed by atoms with E-state index in [2.05, 4.69) is 26.6 Å². The maximum atomic E-state index is 14.3. The number of thioether (sulfide) groups is 1. The van der Waals surface area contributed by atoms with Gasteiger partial charge in [0.25, 0.3) is 0 Å². The summed E-state index contributed by atoms with van der Waals surface area (Å²) in [6.07, 6.45) is 2.26. The van der Waals surface area contributed by atoms with E-state index in [4.69, 9.17) is 0 Å². The summed E-state index contributed by atoms with van der Waals surface area (Å²) in [6, 6.07) is 21.2. The Hall–Kier alpha value is -2.64. The van der Waals surface area contributed by atoms with Crippen LogP contribution in [0.1, 0.15) is 37.0 Å². The lowest BCUT2D eigenvalue weighted by Gasteiger charge is -2.18. The Labute approximate surface area is 200 Å². The highest BCUT2D eigenvalue weighted by Gasteiger charge is 2.23. The molecule has 0 aliphatic heterocycles. The molecule has 32 heavy (non-hydrogen) atoms. The summed E-state index contributed by atoms with van der Waals surface area (Å²) in [5, 5.41) is 5.00. The number of amides is 2. The molecular weight excluding hydrogens is 491 g/mol. The van der Waals surface area contributed by atoms with Crippen LogP contribution in [-0.2, 0) is 9.59 Å². The largest absolute Gasteiger partial charge is 0.326 e. The Kier molecular flexibility index (Phi) is 8.88. The Bertz CT molecular complexity index is 1080. The number of nitrogens with one attached hydrogen (secondary N) is 2. The van der Waals surface area contributed by atoms with Gasteiger partial charge in [-0.05, 0) is 48.4 Å². The lowest BCUT2D eigenvalue weighted by Crippen LogP contribution is -2.19. The topological polar surface area (TPSA) is 58.2 Å². The lowest BCUT2D eigenvalue weighted by atomic mass is 10.1. The van der Waals surface area contributed by atoms with Crippen LogP contribution in [-0.4, -0.2) is 11.8 Å². The van der Waals surface area contributed by atoms with E-state index < -0.39 is 11.1 Å². The number of carbonyl (C=O) groups is 2. The van der Waals surface area contributed by atoms with Gasteiger partial charge in [-0.3, -0.25) is 9.59 Å². The molecule has 7 heteroatoms. The second-order valence-electron chi connectivity index (χ2n) is 7.20. The molecule has 0 saturated carbocycles. The zero-order valence-corrected chi connectivity index (χ0v) is 20.0. The van der Waals surface area contributed by atoms with Crippen LogP contribution in [0.15, 0.2) is 82.2 Å². The molecule has 0 heterocycles. The van der Waals surface area contributed by atoms with E-state index in [0.717, 1.165) is 23.3 Å². The molecule has 2 N–H and O–H groups in total. The highest BCUT2D eigenvalue weighted by molar-refractivity contribution is 9.10. The van der Waals surface area contributed by atoms with Crippen LogP contribution in [0.25, 0.3) is 0 Å². The first-order valence-electron chi connectivity index (χ1n) is 10.3. The number of halogens is 2. The van der Waals surface area contributed by atoms with Crippen LogP contribution in [0.4, 0.5) is 15.8 Å². The van der Waals surface area contributed by atoms with Crippen molar-refractivity contribution in [1.82, 2.24) is 0 Å². The Morgan fingerprint density at radius 1 is 1.00 bits per heavy atom. The third kappa shape index (κ3) is 6.93. The van der Waals surface area contributed by atoms with Crippen LogP contribution in [0.2, 0.25) is 0 Å². The van der Waals surface area contributed by atoms with Gasteiger partial charge in [-0.15, -0.1) is 11.8 Å². The SMILES string of the molecule is CCCCC(=O)Nc1cccc(SC(C(=O)Nc2ccc(Br)cc2F)c2ccccc2)c1. The molecule has 166 valence electrons. The number of carbonyl (C=O) groups excluding carboxylic acids is 2. The smallest absolute Gasteiger partial charge is 0.242 e. The summed E-state index contributed by atoms with van der Waals surface area (Å²) in [7, 11) is 0. The van der Waals surface area contributed by atoms with Gasteiger partial charge in [0.1, 0.15) is 11.1 Å². The fourth-order valence-corrected chi connectivity index (χ4v) is 4.45. The van der Waals surface area contributed by atoms with E-state index in [1.807, 2.05) is 61.5 Å². The summed E-state index contributed by atoms with van der Waals surface area (Å²) >= 11 is 4.57. The minimum Gasteiger partial charge on any atom is -0.326 e. The molecule has 0 aliphatic rings. The first-order valence-corrected chi connectivity index (χ1v) is 12.0. The average molecular weight is 515 g/mol. The molecule has 0 aliphatic carbocycles. The predicted molar refractivity (Wildman–Crippen MR) is 132 cm³/mol. The molecule has 4 nitrogen and oxygen atoms in total. The molecule has 3 aromatic rings. The monoisotopic (exact) mass is 514 g/mol. The van der Waals surface area contributed by atoms with E-state index >= 15 is 0 Å². The minimum absolute atomic E-state index is 0.0305. The highest BCUT2D eigenvalue weighted by atomic mass is 79.9. The molecule has 1 atom stereocenters. The Morgan fingerprint density at radius 2 is 1.78 bits per heavy atom. The molecule has 0 fully saturated rings. The van der Waals surface area contributed by atoms with Gasteiger partial charge in [-0.25, -0.2) is 4.39 Å². The van der Waals surface area contributed by atoms with Crippen molar-refractivity contribution in [3.8, 4) is 0 Å². The maximum Gasteiger partial charge on any atom is 0.242 e. The van der Waals surface area contributed by atoms with Gasteiger partial charge in [-0.2, -0.15) is 0 Å². The van der Waals surface area contributed by atoms with Crippen molar-refractivity contribution < 1.29 is 14.0 Å². The summed E-state index contributed by atoms with van der Waals surface area (Å²) < 4.78 is 14.9. The predicted octanol–water partition coefficient (Wildman–Crippen LogP) is 7.19. The third-order valence-electron chi connectivity index (χ3n) is 4.66. The molecule has 1 unspecified atom stereocenters. The van der Waals surface area contributed by atoms with Crippen LogP contribution >= 0.6 is 27.7 Å². The number of benzene rings is 3. The van der Waals surface area contributed by atoms with Crippen LogP contribution in [0.5, 0.6) is 0 Å². The molecule has 0 bridgehead atoms. The van der Waals surface area contributed by atoms with Crippen molar-refractivity contribution in [2.75, 3.05) is 10.6 Å². The molecule has 0 spiro atoms. The van der Waals surface area contributed by atoms with E-state index in [1.165, 1.54) is 23.9 Å². The Balaban J connectivity index is 1.80. The van der Waals surface area contributed by atoms with Crippen molar-refractivity contribution in [2.24, 2.45) is 0 Å². The lowest BCUT2D eigenvalue weighted by molar-refractivity contribution is -0.116. The number of rotatable bonds is 9. The summed E-state index contributed by atoms with van der Waals surface area (Å²) in [5.74, 6) is -0.877. The minimum atomic E-state index is -0.606. The molecular formula is C25H24BrFN2O2S. The van der Waals surface area contributed by atoms with Gasteiger partial charge in [0, 0.05) is 21.5 Å². The molecule has 0 radical (unpaired) electrons. The second-order valence-corrected chi connectivity index (χ2v) is 9.30. The van der Waals surface area contributed by atoms with Gasteiger partial charge in [0.05, 0.1) is 5.69 Å². The van der Waals surface area contributed by atoms with Crippen molar-refractivity contribution in [3.05, 3.63) is 88.6 Å². The number of hydrogen-bond acceptors (Lipinski definition) is 3. The van der Waals surface area contributed by atoms with Crippen molar-refractivity contribution in [2.45, 2.75) is 36.3 Å². The summed E-state index contributed by atoms with van der Waals surface area (Å²) in [6.45, 7) is 2.04. The van der Waals surface area contributed by atoms with E-state index in [9.17, 15) is 14.0 Å². The Morgan fingerprint density at radius 3 is 2.50 bits per heavy atom.